The maximum atomic E-state index is 9.35. The Morgan fingerprint density at radius 1 is 1.33 bits per heavy atom. The molecule has 3 N–H and O–H groups in total. The van der Waals surface area contributed by atoms with Crippen molar-refractivity contribution in [1.29, 1.82) is 0 Å². The minimum absolute atomic E-state index is 0.218. The van der Waals surface area contributed by atoms with E-state index >= 15 is 0 Å². The molecule has 0 aliphatic carbocycles. The fourth-order valence-corrected chi connectivity index (χ4v) is 1.43. The lowest BCUT2D eigenvalue weighted by Gasteiger charge is -2.08. The number of aliphatic hydroxyl groups is 1. The van der Waals surface area contributed by atoms with Crippen LogP contribution in [0.1, 0.15) is 18.9 Å². The number of hydrogen-bond donors (Lipinski definition) is 2. The Bertz CT molecular complexity index is 508. The fourth-order valence-electron chi connectivity index (χ4n) is 1.43. The van der Waals surface area contributed by atoms with E-state index in [1.54, 1.807) is 26.2 Å². The molecule has 0 amide bonds. The van der Waals surface area contributed by atoms with Gasteiger partial charge in [-0.2, -0.15) is 4.98 Å². The third-order valence-electron chi connectivity index (χ3n) is 2.59. The highest BCUT2D eigenvalue weighted by molar-refractivity contribution is 5.55. The van der Waals surface area contributed by atoms with Crippen LogP contribution in [-0.2, 0) is 0 Å². The third-order valence-corrected chi connectivity index (χ3v) is 2.59. The van der Waals surface area contributed by atoms with E-state index in [0.717, 1.165) is 11.3 Å². The normalized spacial score (nSPS) is 14.2. The van der Waals surface area contributed by atoms with Crippen LogP contribution in [-0.4, -0.2) is 28.5 Å². The van der Waals surface area contributed by atoms with Crippen molar-refractivity contribution >= 4 is 0 Å². The maximum absolute atomic E-state index is 9.35. The van der Waals surface area contributed by atoms with E-state index in [2.05, 4.69) is 10.1 Å². The summed E-state index contributed by atoms with van der Waals surface area (Å²) in [7, 11) is 1.60. The number of aliphatic hydroxyl groups excluding tert-OH is 1. The van der Waals surface area contributed by atoms with Crippen molar-refractivity contribution in [2.75, 3.05) is 7.11 Å². The van der Waals surface area contributed by atoms with Crippen molar-refractivity contribution in [3.63, 3.8) is 0 Å². The first kappa shape index (κ1) is 12.5. The van der Waals surface area contributed by atoms with Gasteiger partial charge >= 0.3 is 0 Å². The van der Waals surface area contributed by atoms with E-state index in [0.29, 0.717) is 5.82 Å². The number of methoxy groups -OCH3 is 1. The van der Waals surface area contributed by atoms with E-state index in [4.69, 9.17) is 15.0 Å². The third kappa shape index (κ3) is 2.49. The van der Waals surface area contributed by atoms with Gasteiger partial charge in [-0.3, -0.25) is 0 Å². The Hall–Kier alpha value is -1.92. The van der Waals surface area contributed by atoms with Crippen LogP contribution in [0.2, 0.25) is 0 Å². The summed E-state index contributed by atoms with van der Waals surface area (Å²) in [4.78, 5) is 4.15. The molecule has 18 heavy (non-hydrogen) atoms. The quantitative estimate of drug-likeness (QED) is 0.843. The van der Waals surface area contributed by atoms with Crippen LogP contribution in [0.25, 0.3) is 11.4 Å². The molecule has 96 valence electrons. The highest BCUT2D eigenvalue weighted by Crippen LogP contribution is 2.21. The van der Waals surface area contributed by atoms with E-state index in [-0.39, 0.29) is 5.89 Å². The van der Waals surface area contributed by atoms with Gasteiger partial charge in [0.1, 0.15) is 11.8 Å². The van der Waals surface area contributed by atoms with Gasteiger partial charge in [-0.15, -0.1) is 0 Å². The summed E-state index contributed by atoms with van der Waals surface area (Å²) in [5, 5.41) is 13.2. The van der Waals surface area contributed by atoms with Crippen molar-refractivity contribution in [3.05, 3.63) is 30.2 Å². The van der Waals surface area contributed by atoms with E-state index in [1.165, 1.54) is 0 Å². The second-order valence-corrected chi connectivity index (χ2v) is 3.95. The Kier molecular flexibility index (Phi) is 3.59. The lowest BCUT2D eigenvalue weighted by Crippen LogP contribution is -2.23. The first-order chi connectivity index (χ1) is 8.61. The molecule has 0 saturated heterocycles. The first-order valence-electron chi connectivity index (χ1n) is 5.53. The standard InChI is InChI=1S/C12H15N3O3/c1-7(16)10(13)12-14-11(15-18-12)8-3-5-9(17-2)6-4-8/h3-7,10,16H,13H2,1-2H3/t7-,10+/m1/s1. The Labute approximate surface area is 104 Å². The van der Waals surface area contributed by atoms with Crippen molar-refractivity contribution in [3.8, 4) is 17.1 Å². The monoisotopic (exact) mass is 249 g/mol. The van der Waals surface area contributed by atoms with Crippen molar-refractivity contribution in [2.45, 2.75) is 19.1 Å². The van der Waals surface area contributed by atoms with E-state index in [9.17, 15) is 5.11 Å². The highest BCUT2D eigenvalue weighted by atomic mass is 16.5. The molecule has 2 aromatic rings. The second-order valence-electron chi connectivity index (χ2n) is 3.95. The summed E-state index contributed by atoms with van der Waals surface area (Å²) in [6.45, 7) is 1.57. The van der Waals surface area contributed by atoms with Gasteiger partial charge in [-0.25, -0.2) is 0 Å². The van der Waals surface area contributed by atoms with Crippen LogP contribution in [0.5, 0.6) is 5.75 Å². The lowest BCUT2D eigenvalue weighted by atomic mass is 10.2. The number of nitrogens with zero attached hydrogens (tertiary/aromatic N) is 2. The molecule has 6 heteroatoms. The SMILES string of the molecule is COc1ccc(-c2noc([C@@H](N)[C@@H](C)O)n2)cc1. The van der Waals surface area contributed by atoms with Gasteiger partial charge in [0.25, 0.3) is 0 Å². The molecule has 2 rings (SSSR count). The Morgan fingerprint density at radius 2 is 2.00 bits per heavy atom. The average molecular weight is 249 g/mol. The largest absolute Gasteiger partial charge is 0.497 e. The van der Waals surface area contributed by atoms with Gasteiger partial charge in [0.15, 0.2) is 0 Å². The molecule has 1 heterocycles. The number of ether oxygens (including phenoxy) is 1. The maximum Gasteiger partial charge on any atom is 0.246 e. The zero-order valence-electron chi connectivity index (χ0n) is 10.2. The first-order valence-corrected chi connectivity index (χ1v) is 5.53. The summed E-state index contributed by atoms with van der Waals surface area (Å²) in [6.07, 6.45) is -0.742. The molecule has 0 bridgehead atoms. The summed E-state index contributed by atoms with van der Waals surface area (Å²) in [6, 6.07) is 6.58. The van der Waals surface area contributed by atoms with Gasteiger partial charge in [-0.1, -0.05) is 5.16 Å². The smallest absolute Gasteiger partial charge is 0.246 e. The second kappa shape index (κ2) is 5.16. The molecular formula is C12H15N3O3. The summed E-state index contributed by atoms with van der Waals surface area (Å²) in [5.41, 5.74) is 6.50. The molecule has 1 aromatic heterocycles. The number of benzene rings is 1. The molecule has 0 radical (unpaired) electrons. The van der Waals surface area contributed by atoms with Gasteiger partial charge in [0.2, 0.25) is 11.7 Å². The van der Waals surface area contributed by atoms with Crippen LogP contribution in [0.3, 0.4) is 0 Å². The Balaban J connectivity index is 2.23. The average Bonchev–Trinajstić information content (AvgIpc) is 2.87. The van der Waals surface area contributed by atoms with Crippen LogP contribution in [0.4, 0.5) is 0 Å². The zero-order valence-corrected chi connectivity index (χ0v) is 10.2. The van der Waals surface area contributed by atoms with Crippen LogP contribution in [0, 0.1) is 0 Å². The van der Waals surface area contributed by atoms with Gasteiger partial charge in [0.05, 0.1) is 13.2 Å². The van der Waals surface area contributed by atoms with E-state index < -0.39 is 12.1 Å². The summed E-state index contributed by atoms with van der Waals surface area (Å²) >= 11 is 0. The van der Waals surface area contributed by atoms with E-state index in [1.807, 2.05) is 12.1 Å². The van der Waals surface area contributed by atoms with Crippen molar-refractivity contribution < 1.29 is 14.4 Å². The predicted octanol–water partition coefficient (Wildman–Crippen LogP) is 1.13. The van der Waals surface area contributed by atoms with Gasteiger partial charge in [0, 0.05) is 5.56 Å². The summed E-state index contributed by atoms with van der Waals surface area (Å²) < 4.78 is 10.1. The van der Waals surface area contributed by atoms with Crippen molar-refractivity contribution in [1.82, 2.24) is 10.1 Å². The predicted molar refractivity (Wildman–Crippen MR) is 64.9 cm³/mol. The van der Waals surface area contributed by atoms with Crippen LogP contribution >= 0.6 is 0 Å². The lowest BCUT2D eigenvalue weighted by molar-refractivity contribution is 0.146. The molecule has 0 saturated carbocycles. The molecule has 0 aliphatic rings. The van der Waals surface area contributed by atoms with Crippen LogP contribution in [0.15, 0.2) is 28.8 Å². The number of hydrogen-bond acceptors (Lipinski definition) is 6. The topological polar surface area (TPSA) is 94.4 Å². The molecule has 6 nitrogen and oxygen atoms in total. The number of aromatic nitrogens is 2. The van der Waals surface area contributed by atoms with Gasteiger partial charge in [-0.05, 0) is 31.2 Å². The minimum atomic E-state index is -0.742. The molecule has 0 aliphatic heterocycles. The molecule has 2 atom stereocenters. The van der Waals surface area contributed by atoms with Crippen LogP contribution < -0.4 is 10.5 Å². The Morgan fingerprint density at radius 3 is 2.56 bits per heavy atom. The van der Waals surface area contributed by atoms with Crippen molar-refractivity contribution in [2.24, 2.45) is 5.73 Å². The zero-order chi connectivity index (χ0) is 13.1. The fraction of sp³-hybridized carbons (Fsp3) is 0.333. The molecule has 0 unspecified atom stereocenters. The molecular weight excluding hydrogens is 234 g/mol. The highest BCUT2D eigenvalue weighted by Gasteiger charge is 2.19. The summed E-state index contributed by atoms with van der Waals surface area (Å²) in [5.74, 6) is 1.41. The molecule has 0 spiro atoms. The number of nitrogens with two attached hydrogens (primary N) is 1. The van der Waals surface area contributed by atoms with Gasteiger partial charge < -0.3 is 20.1 Å². The molecule has 1 aromatic carbocycles. The molecule has 0 fully saturated rings. The minimum Gasteiger partial charge on any atom is -0.497 e. The number of rotatable bonds is 4.